The lowest BCUT2D eigenvalue weighted by molar-refractivity contribution is 0.442. The Hall–Kier alpha value is -3.84. The quantitative estimate of drug-likeness (QED) is 0.306. The van der Waals surface area contributed by atoms with Crippen molar-refractivity contribution in [3.63, 3.8) is 0 Å². The number of hydrogen-bond donors (Lipinski definition) is 2. The van der Waals surface area contributed by atoms with Crippen molar-refractivity contribution in [2.24, 2.45) is 4.99 Å². The van der Waals surface area contributed by atoms with Gasteiger partial charge in [-0.15, -0.1) is 11.3 Å². The molecule has 2 aromatic carbocycles. The van der Waals surface area contributed by atoms with Gasteiger partial charge in [0.2, 0.25) is 5.95 Å². The maximum atomic E-state index is 13.0. The summed E-state index contributed by atoms with van der Waals surface area (Å²) in [6.07, 6.45) is 3.60. The predicted octanol–water partition coefficient (Wildman–Crippen LogP) is 3.14. The van der Waals surface area contributed by atoms with Gasteiger partial charge in [-0.3, -0.25) is 0 Å². The van der Waals surface area contributed by atoms with Gasteiger partial charge in [-0.2, -0.15) is 17.0 Å². The van der Waals surface area contributed by atoms with Crippen LogP contribution in [0.1, 0.15) is 16.8 Å². The fourth-order valence-corrected chi connectivity index (χ4v) is 6.54. The molecule has 2 aromatic heterocycles. The van der Waals surface area contributed by atoms with Gasteiger partial charge in [0.15, 0.2) is 4.80 Å². The van der Waals surface area contributed by atoms with Crippen LogP contribution in [0.2, 0.25) is 0 Å². The summed E-state index contributed by atoms with van der Waals surface area (Å²) in [5.41, 5.74) is 3.03. The lowest BCUT2D eigenvalue weighted by Gasteiger charge is -2.19. The molecule has 0 bridgehead atoms. The van der Waals surface area contributed by atoms with Crippen LogP contribution in [-0.4, -0.2) is 62.8 Å². The average molecular weight is 564 g/mol. The third-order valence-electron chi connectivity index (χ3n) is 6.21. The van der Waals surface area contributed by atoms with Crippen molar-refractivity contribution in [3.05, 3.63) is 107 Å². The van der Waals surface area contributed by atoms with Gasteiger partial charge >= 0.3 is 0 Å². The van der Waals surface area contributed by atoms with E-state index in [4.69, 9.17) is 0 Å². The molecule has 12 heteroatoms. The summed E-state index contributed by atoms with van der Waals surface area (Å²) in [5.74, 6) is 0.597. The Balaban J connectivity index is 1.18. The highest BCUT2D eigenvalue weighted by atomic mass is 32.2. The zero-order valence-electron chi connectivity index (χ0n) is 21.2. The summed E-state index contributed by atoms with van der Waals surface area (Å²) in [4.78, 5) is 14.3. The molecule has 0 amide bonds. The number of rotatable bonds is 10. The summed E-state index contributed by atoms with van der Waals surface area (Å²) in [6.45, 7) is 6.50. The molecule has 202 valence electrons. The van der Waals surface area contributed by atoms with E-state index < -0.39 is 10.2 Å². The average Bonchev–Trinajstić information content (AvgIpc) is 3.47. The molecular weight excluding hydrogens is 534 g/mol. The maximum absolute atomic E-state index is 13.0. The first kappa shape index (κ1) is 26.8. The highest BCUT2D eigenvalue weighted by molar-refractivity contribution is 7.87. The number of anilines is 1. The summed E-state index contributed by atoms with van der Waals surface area (Å²) < 4.78 is 30.9. The summed E-state index contributed by atoms with van der Waals surface area (Å²) in [7, 11) is -3.51. The zero-order chi connectivity index (χ0) is 27.2. The fraction of sp³-hybridized carbons (Fsp3) is 0.222. The standard InChI is InChI=1S/C27H29N7O3S2/c1-21(23-8-5-9-25(35)18-23)30-27-32(16-17-38-27)20-24-10-11-28-26(31-24)29-12-13-33-14-15-34(39(33,36)37)19-22-6-3-2-4-7-22/h2-11,16-18,35H,1,12-15,19-20H2,(H,28,29,31). The molecule has 5 rings (SSSR count). The third kappa shape index (κ3) is 6.60. The Morgan fingerprint density at radius 2 is 1.90 bits per heavy atom. The van der Waals surface area contributed by atoms with Crippen molar-refractivity contribution in [2.45, 2.75) is 13.1 Å². The molecule has 1 aliphatic heterocycles. The molecular formula is C27H29N7O3S2. The van der Waals surface area contributed by atoms with E-state index in [9.17, 15) is 13.5 Å². The zero-order valence-corrected chi connectivity index (χ0v) is 22.9. The Morgan fingerprint density at radius 1 is 1.08 bits per heavy atom. The smallest absolute Gasteiger partial charge is 0.282 e. The molecule has 0 saturated carbocycles. The second kappa shape index (κ2) is 11.9. The minimum Gasteiger partial charge on any atom is -0.508 e. The van der Waals surface area contributed by atoms with E-state index in [2.05, 4.69) is 26.9 Å². The second-order valence-corrected chi connectivity index (χ2v) is 11.7. The lowest BCUT2D eigenvalue weighted by atomic mass is 10.2. The Labute approximate surface area is 231 Å². The molecule has 4 aromatic rings. The van der Waals surface area contributed by atoms with Gasteiger partial charge in [0, 0.05) is 56.1 Å². The van der Waals surface area contributed by atoms with Crippen LogP contribution in [0.15, 0.2) is 90.0 Å². The lowest BCUT2D eigenvalue weighted by Crippen LogP contribution is -2.35. The largest absolute Gasteiger partial charge is 0.508 e. The van der Waals surface area contributed by atoms with Crippen molar-refractivity contribution in [2.75, 3.05) is 31.5 Å². The minimum atomic E-state index is -3.51. The van der Waals surface area contributed by atoms with Gasteiger partial charge in [-0.1, -0.05) is 49.0 Å². The van der Waals surface area contributed by atoms with Crippen molar-refractivity contribution < 1.29 is 13.5 Å². The Bertz CT molecular complexity index is 1620. The first-order valence-electron chi connectivity index (χ1n) is 12.4. The molecule has 3 heterocycles. The molecule has 10 nitrogen and oxygen atoms in total. The molecule has 0 atom stereocenters. The first-order chi connectivity index (χ1) is 18.9. The number of phenols is 1. The van der Waals surface area contributed by atoms with Crippen molar-refractivity contribution in [1.29, 1.82) is 0 Å². The van der Waals surface area contributed by atoms with Gasteiger partial charge in [0.25, 0.3) is 10.2 Å². The van der Waals surface area contributed by atoms with Crippen LogP contribution in [0.5, 0.6) is 5.75 Å². The van der Waals surface area contributed by atoms with Gasteiger partial charge in [-0.25, -0.2) is 15.0 Å². The normalized spacial score (nSPS) is 15.9. The number of nitrogens with zero attached hydrogens (tertiary/aromatic N) is 6. The number of benzene rings is 2. The maximum Gasteiger partial charge on any atom is 0.282 e. The van der Waals surface area contributed by atoms with Crippen LogP contribution < -0.4 is 10.1 Å². The molecule has 0 radical (unpaired) electrons. The van der Waals surface area contributed by atoms with E-state index in [1.165, 1.54) is 19.9 Å². The molecule has 2 N–H and O–H groups in total. The summed E-state index contributed by atoms with van der Waals surface area (Å²) in [5, 5.41) is 14.8. The van der Waals surface area contributed by atoms with E-state index in [1.807, 2.05) is 58.6 Å². The van der Waals surface area contributed by atoms with E-state index in [-0.39, 0.29) is 5.75 Å². The topological polar surface area (TPSA) is 116 Å². The molecule has 1 fully saturated rings. The predicted molar refractivity (Wildman–Crippen MR) is 152 cm³/mol. The molecule has 0 spiro atoms. The number of thiazole rings is 1. The van der Waals surface area contributed by atoms with Gasteiger partial charge in [0.1, 0.15) is 5.75 Å². The van der Waals surface area contributed by atoms with E-state index in [1.54, 1.807) is 24.4 Å². The van der Waals surface area contributed by atoms with Gasteiger partial charge in [0.05, 0.1) is 17.9 Å². The summed E-state index contributed by atoms with van der Waals surface area (Å²) >= 11 is 1.48. The van der Waals surface area contributed by atoms with Crippen LogP contribution in [0, 0.1) is 0 Å². The Kier molecular flexibility index (Phi) is 8.17. The van der Waals surface area contributed by atoms with Crippen LogP contribution in [0.25, 0.3) is 5.70 Å². The minimum absolute atomic E-state index is 0.163. The molecule has 39 heavy (non-hydrogen) atoms. The monoisotopic (exact) mass is 563 g/mol. The number of aromatic nitrogens is 3. The number of nitrogens with one attached hydrogen (secondary N) is 1. The van der Waals surface area contributed by atoms with Crippen LogP contribution in [0.3, 0.4) is 0 Å². The van der Waals surface area contributed by atoms with E-state index in [0.717, 1.165) is 21.6 Å². The number of phenolic OH excluding ortho intramolecular Hbond substituents is 1. The molecule has 1 saturated heterocycles. The number of hydrogen-bond acceptors (Lipinski definition) is 8. The highest BCUT2D eigenvalue weighted by Gasteiger charge is 2.35. The fourth-order valence-electron chi connectivity index (χ4n) is 4.20. The first-order valence-corrected chi connectivity index (χ1v) is 14.7. The van der Waals surface area contributed by atoms with Crippen molar-refractivity contribution >= 4 is 33.2 Å². The highest BCUT2D eigenvalue weighted by Crippen LogP contribution is 2.20. The number of aromatic hydroxyl groups is 1. The van der Waals surface area contributed by atoms with Crippen molar-refractivity contribution in [1.82, 2.24) is 23.1 Å². The SMILES string of the molecule is C=C(N=c1sccn1Cc1ccnc(NCCN2CCN(Cc3ccccc3)S2(=O)=O)n1)c1cccc(O)c1. The van der Waals surface area contributed by atoms with Gasteiger partial charge < -0.3 is 15.0 Å². The van der Waals surface area contributed by atoms with E-state index in [0.29, 0.717) is 50.9 Å². The van der Waals surface area contributed by atoms with Crippen LogP contribution in [0.4, 0.5) is 5.95 Å². The summed E-state index contributed by atoms with van der Waals surface area (Å²) in [6, 6.07) is 18.3. The molecule has 0 unspecified atom stereocenters. The van der Waals surface area contributed by atoms with Crippen molar-refractivity contribution in [3.8, 4) is 5.75 Å². The van der Waals surface area contributed by atoms with E-state index >= 15 is 0 Å². The third-order valence-corrected chi connectivity index (χ3v) is 8.99. The van der Waals surface area contributed by atoms with Crippen LogP contribution in [-0.2, 0) is 23.3 Å². The Morgan fingerprint density at radius 3 is 2.72 bits per heavy atom. The molecule has 1 aliphatic rings. The molecule has 0 aliphatic carbocycles. The van der Waals surface area contributed by atoms with Crippen LogP contribution >= 0.6 is 11.3 Å². The second-order valence-electron chi connectivity index (χ2n) is 8.95. The van der Waals surface area contributed by atoms with Gasteiger partial charge in [-0.05, 0) is 23.8 Å².